The Bertz CT molecular complexity index is 1090. The van der Waals surface area contributed by atoms with Crippen LogP contribution in [0.3, 0.4) is 0 Å². The molecule has 3 aromatic rings. The standard InChI is InChI=1S/C23H17FN2OS/c24-17-10-11-18-15(13-17)9-12-20(18)26-23(27)19-6-2-4-8-22(19)28-21-7-3-1-5-16(21)14-25/h1-8,10-11,13,20H,9,12H2,(H,26,27). The zero-order valence-electron chi connectivity index (χ0n) is 15.0. The number of fused-ring (bicyclic) bond motifs is 1. The molecule has 4 rings (SSSR count). The minimum atomic E-state index is -0.247. The van der Waals surface area contributed by atoms with Crippen molar-refractivity contribution >= 4 is 17.7 Å². The number of hydrogen-bond acceptors (Lipinski definition) is 3. The van der Waals surface area contributed by atoms with Gasteiger partial charge in [-0.05, 0) is 60.4 Å². The summed E-state index contributed by atoms with van der Waals surface area (Å²) in [4.78, 5) is 14.6. The molecule has 0 heterocycles. The third-order valence-electron chi connectivity index (χ3n) is 4.85. The topological polar surface area (TPSA) is 52.9 Å². The maximum Gasteiger partial charge on any atom is 0.252 e. The van der Waals surface area contributed by atoms with Crippen LogP contribution in [-0.2, 0) is 6.42 Å². The van der Waals surface area contributed by atoms with Crippen LogP contribution < -0.4 is 5.32 Å². The summed E-state index contributed by atoms with van der Waals surface area (Å²) < 4.78 is 13.4. The summed E-state index contributed by atoms with van der Waals surface area (Å²) in [5.74, 6) is -0.414. The van der Waals surface area contributed by atoms with Crippen LogP contribution in [0, 0.1) is 17.1 Å². The van der Waals surface area contributed by atoms with Crippen LogP contribution in [0.2, 0.25) is 0 Å². The van der Waals surface area contributed by atoms with Gasteiger partial charge in [-0.25, -0.2) is 4.39 Å². The Labute approximate surface area is 167 Å². The van der Waals surface area contributed by atoms with Crippen LogP contribution in [0.5, 0.6) is 0 Å². The highest BCUT2D eigenvalue weighted by Gasteiger charge is 2.25. The zero-order valence-corrected chi connectivity index (χ0v) is 15.8. The number of rotatable bonds is 4. The number of nitrogens with one attached hydrogen (secondary N) is 1. The van der Waals surface area contributed by atoms with Crippen molar-refractivity contribution < 1.29 is 9.18 Å². The van der Waals surface area contributed by atoms with E-state index in [-0.39, 0.29) is 17.8 Å². The van der Waals surface area contributed by atoms with E-state index in [0.29, 0.717) is 11.1 Å². The van der Waals surface area contributed by atoms with Gasteiger partial charge < -0.3 is 5.32 Å². The minimum absolute atomic E-state index is 0.118. The fraction of sp³-hybridized carbons (Fsp3) is 0.130. The number of amides is 1. The quantitative estimate of drug-likeness (QED) is 0.663. The van der Waals surface area contributed by atoms with E-state index in [9.17, 15) is 14.4 Å². The number of halogens is 1. The summed E-state index contributed by atoms with van der Waals surface area (Å²) in [7, 11) is 0. The van der Waals surface area contributed by atoms with Crippen LogP contribution in [-0.4, -0.2) is 5.91 Å². The van der Waals surface area contributed by atoms with Gasteiger partial charge in [0.1, 0.15) is 11.9 Å². The first-order valence-corrected chi connectivity index (χ1v) is 9.82. The third-order valence-corrected chi connectivity index (χ3v) is 6.00. The average Bonchev–Trinajstić information content (AvgIpc) is 3.10. The normalized spacial score (nSPS) is 14.9. The smallest absolute Gasteiger partial charge is 0.252 e. The molecule has 0 radical (unpaired) electrons. The second-order valence-corrected chi connectivity index (χ2v) is 7.70. The molecule has 0 aromatic heterocycles. The van der Waals surface area contributed by atoms with E-state index in [0.717, 1.165) is 33.8 Å². The minimum Gasteiger partial charge on any atom is -0.345 e. The molecular weight excluding hydrogens is 371 g/mol. The van der Waals surface area contributed by atoms with Gasteiger partial charge >= 0.3 is 0 Å². The average molecular weight is 388 g/mol. The fourth-order valence-electron chi connectivity index (χ4n) is 3.48. The van der Waals surface area contributed by atoms with Gasteiger partial charge in [-0.3, -0.25) is 4.79 Å². The lowest BCUT2D eigenvalue weighted by atomic mass is 10.1. The maximum atomic E-state index is 13.4. The van der Waals surface area contributed by atoms with Crippen LogP contribution in [0.4, 0.5) is 4.39 Å². The Balaban J connectivity index is 1.58. The van der Waals surface area contributed by atoms with E-state index in [1.54, 1.807) is 24.3 Å². The summed E-state index contributed by atoms with van der Waals surface area (Å²) in [6.45, 7) is 0. The maximum absolute atomic E-state index is 13.4. The number of hydrogen-bond donors (Lipinski definition) is 1. The van der Waals surface area contributed by atoms with Gasteiger partial charge in [-0.15, -0.1) is 0 Å². The van der Waals surface area contributed by atoms with E-state index in [1.807, 2.05) is 36.4 Å². The summed E-state index contributed by atoms with van der Waals surface area (Å²) in [5, 5.41) is 12.4. The SMILES string of the molecule is N#Cc1ccccc1Sc1ccccc1C(=O)NC1CCc2cc(F)ccc21. The molecule has 1 amide bonds. The van der Waals surface area contributed by atoms with Gasteiger partial charge in [0, 0.05) is 9.79 Å². The molecule has 1 unspecified atom stereocenters. The predicted octanol–water partition coefficient (Wildman–Crippen LogP) is 5.27. The highest BCUT2D eigenvalue weighted by atomic mass is 32.2. The van der Waals surface area contributed by atoms with Gasteiger partial charge in [0.15, 0.2) is 0 Å². The molecule has 0 spiro atoms. The van der Waals surface area contributed by atoms with Crippen molar-refractivity contribution in [2.24, 2.45) is 0 Å². The molecular formula is C23H17FN2OS. The molecule has 0 bridgehead atoms. The first kappa shape index (κ1) is 18.3. The lowest BCUT2D eigenvalue weighted by Gasteiger charge is -2.16. The van der Waals surface area contributed by atoms with Crippen molar-refractivity contribution in [2.75, 3.05) is 0 Å². The molecule has 0 fully saturated rings. The lowest BCUT2D eigenvalue weighted by Crippen LogP contribution is -2.27. The second kappa shape index (κ2) is 7.87. The van der Waals surface area contributed by atoms with Gasteiger partial charge in [0.05, 0.1) is 17.2 Å². The first-order chi connectivity index (χ1) is 13.7. The first-order valence-electron chi connectivity index (χ1n) is 9.01. The van der Waals surface area contributed by atoms with E-state index in [4.69, 9.17) is 0 Å². The van der Waals surface area contributed by atoms with Crippen molar-refractivity contribution in [3.8, 4) is 6.07 Å². The summed E-state index contributed by atoms with van der Waals surface area (Å²) in [6.07, 6.45) is 1.51. The van der Waals surface area contributed by atoms with Crippen molar-refractivity contribution in [1.29, 1.82) is 5.26 Å². The van der Waals surface area contributed by atoms with Gasteiger partial charge in [0.25, 0.3) is 5.91 Å². The third kappa shape index (κ3) is 3.64. The molecule has 3 nitrogen and oxygen atoms in total. The molecule has 0 saturated heterocycles. The van der Waals surface area contributed by atoms with Gasteiger partial charge in [0.2, 0.25) is 0 Å². The molecule has 1 aliphatic carbocycles. The van der Waals surface area contributed by atoms with Crippen molar-refractivity contribution in [2.45, 2.75) is 28.7 Å². The number of nitriles is 1. The molecule has 28 heavy (non-hydrogen) atoms. The van der Waals surface area contributed by atoms with Crippen molar-refractivity contribution in [1.82, 2.24) is 5.32 Å². The highest BCUT2D eigenvalue weighted by Crippen LogP contribution is 2.34. The van der Waals surface area contributed by atoms with Gasteiger partial charge in [-0.2, -0.15) is 5.26 Å². The number of benzene rings is 3. The largest absolute Gasteiger partial charge is 0.345 e. The Morgan fingerprint density at radius 1 is 1.07 bits per heavy atom. The summed E-state index contributed by atoms with van der Waals surface area (Å²) in [5.41, 5.74) is 3.08. The summed E-state index contributed by atoms with van der Waals surface area (Å²) in [6, 6.07) is 21.5. The van der Waals surface area contributed by atoms with E-state index in [2.05, 4.69) is 11.4 Å². The van der Waals surface area contributed by atoms with E-state index in [1.165, 1.54) is 17.8 Å². The predicted molar refractivity (Wildman–Crippen MR) is 107 cm³/mol. The van der Waals surface area contributed by atoms with E-state index >= 15 is 0 Å². The van der Waals surface area contributed by atoms with Gasteiger partial charge in [-0.1, -0.05) is 42.1 Å². The molecule has 1 atom stereocenters. The highest BCUT2D eigenvalue weighted by molar-refractivity contribution is 7.99. The number of nitrogens with zero attached hydrogens (tertiary/aromatic N) is 1. The lowest BCUT2D eigenvalue weighted by molar-refractivity contribution is 0.0934. The van der Waals surface area contributed by atoms with Crippen LogP contribution in [0.25, 0.3) is 0 Å². The zero-order chi connectivity index (χ0) is 19.5. The van der Waals surface area contributed by atoms with Crippen molar-refractivity contribution in [3.63, 3.8) is 0 Å². The monoisotopic (exact) mass is 388 g/mol. The molecule has 1 N–H and O–H groups in total. The van der Waals surface area contributed by atoms with E-state index < -0.39 is 0 Å². The summed E-state index contributed by atoms with van der Waals surface area (Å²) >= 11 is 1.41. The number of carbonyl (C=O) groups excluding carboxylic acids is 1. The van der Waals surface area contributed by atoms with Crippen LogP contribution >= 0.6 is 11.8 Å². The molecule has 138 valence electrons. The second-order valence-electron chi connectivity index (χ2n) is 6.61. The van der Waals surface area contributed by atoms with Crippen LogP contribution in [0.15, 0.2) is 76.5 Å². The number of carbonyl (C=O) groups is 1. The molecule has 0 saturated carbocycles. The fourth-order valence-corrected chi connectivity index (χ4v) is 4.51. The molecule has 3 aromatic carbocycles. The molecule has 0 aliphatic heterocycles. The Hall–Kier alpha value is -3.10. The molecule has 1 aliphatic rings. The Morgan fingerprint density at radius 3 is 2.64 bits per heavy atom. The number of aryl methyl sites for hydroxylation is 1. The Kier molecular flexibility index (Phi) is 5.14. The van der Waals surface area contributed by atoms with Crippen LogP contribution in [0.1, 0.15) is 39.5 Å². The Morgan fingerprint density at radius 2 is 1.82 bits per heavy atom. The van der Waals surface area contributed by atoms with Crippen molar-refractivity contribution in [3.05, 3.63) is 94.8 Å². The molecule has 5 heteroatoms.